The van der Waals surface area contributed by atoms with Gasteiger partial charge >= 0.3 is 5.97 Å². The molecule has 0 heterocycles. The van der Waals surface area contributed by atoms with Crippen molar-refractivity contribution in [2.45, 2.75) is 33.2 Å². The van der Waals surface area contributed by atoms with Gasteiger partial charge in [-0.1, -0.05) is 6.92 Å². The first-order valence-electron chi connectivity index (χ1n) is 5.73. The molecule has 0 aliphatic rings. The van der Waals surface area contributed by atoms with Crippen LogP contribution in [0.4, 0.5) is 0 Å². The summed E-state index contributed by atoms with van der Waals surface area (Å²) < 4.78 is 4.63. The van der Waals surface area contributed by atoms with Gasteiger partial charge in [0, 0.05) is 12.1 Å². The summed E-state index contributed by atoms with van der Waals surface area (Å²) in [6.45, 7) is 8.36. The molecule has 0 aliphatic heterocycles. The Kier molecular flexibility index (Phi) is 6.16. The molecule has 100 valence electrons. The van der Waals surface area contributed by atoms with Crippen molar-refractivity contribution in [1.82, 2.24) is 10.2 Å². The number of likely N-dealkylation sites (N-methyl/N-ethyl adjacent to an activating group) is 1. The first kappa shape index (κ1) is 15.9. The van der Waals surface area contributed by atoms with Crippen LogP contribution in [0.5, 0.6) is 0 Å². The van der Waals surface area contributed by atoms with Crippen molar-refractivity contribution in [2.75, 3.05) is 27.2 Å². The second-order valence-corrected chi connectivity index (χ2v) is 5.42. The zero-order valence-electron chi connectivity index (χ0n) is 11.7. The minimum atomic E-state index is -0.256. The van der Waals surface area contributed by atoms with Gasteiger partial charge in [0.2, 0.25) is 5.91 Å². The molecule has 0 rings (SSSR count). The summed E-state index contributed by atoms with van der Waals surface area (Å²) in [5.74, 6) is -0.530. The summed E-state index contributed by atoms with van der Waals surface area (Å²) in [5, 5.41) is 2.87. The lowest BCUT2D eigenvalue weighted by atomic mass is 10.1. The van der Waals surface area contributed by atoms with Gasteiger partial charge in [0.1, 0.15) is 0 Å². The average molecular weight is 244 g/mol. The Balaban J connectivity index is 4.06. The summed E-state index contributed by atoms with van der Waals surface area (Å²) in [6, 6.07) is 0. The Hall–Kier alpha value is -1.10. The lowest BCUT2D eigenvalue weighted by Gasteiger charge is -2.24. The molecule has 5 nitrogen and oxygen atoms in total. The summed E-state index contributed by atoms with van der Waals surface area (Å²) in [7, 11) is 3.17. The van der Waals surface area contributed by atoms with Crippen LogP contribution >= 0.6 is 0 Å². The molecule has 1 atom stereocenters. The van der Waals surface area contributed by atoms with Crippen LogP contribution in [-0.4, -0.2) is 49.6 Å². The molecule has 0 radical (unpaired) electrons. The number of nitrogens with one attached hydrogen (secondary N) is 1. The van der Waals surface area contributed by atoms with Crippen molar-refractivity contribution in [3.63, 3.8) is 0 Å². The Morgan fingerprint density at radius 1 is 1.35 bits per heavy atom. The first-order chi connectivity index (χ1) is 7.65. The van der Waals surface area contributed by atoms with E-state index >= 15 is 0 Å². The van der Waals surface area contributed by atoms with Crippen molar-refractivity contribution >= 4 is 11.9 Å². The van der Waals surface area contributed by atoms with E-state index in [1.165, 1.54) is 7.11 Å². The fourth-order valence-corrected chi connectivity index (χ4v) is 1.51. The van der Waals surface area contributed by atoms with E-state index in [0.29, 0.717) is 6.54 Å². The highest BCUT2D eigenvalue weighted by molar-refractivity contribution is 5.78. The molecule has 0 saturated heterocycles. The van der Waals surface area contributed by atoms with E-state index in [1.54, 1.807) is 6.92 Å². The van der Waals surface area contributed by atoms with Crippen LogP contribution < -0.4 is 5.32 Å². The van der Waals surface area contributed by atoms with Crippen LogP contribution in [0.15, 0.2) is 0 Å². The average Bonchev–Trinajstić information content (AvgIpc) is 2.12. The molecule has 5 heteroatoms. The number of amides is 1. The van der Waals surface area contributed by atoms with E-state index < -0.39 is 0 Å². The second kappa shape index (κ2) is 6.59. The Morgan fingerprint density at radius 3 is 2.29 bits per heavy atom. The van der Waals surface area contributed by atoms with Crippen LogP contribution in [-0.2, 0) is 14.3 Å². The van der Waals surface area contributed by atoms with Crippen molar-refractivity contribution in [3.05, 3.63) is 0 Å². The normalized spacial score (nSPS) is 13.4. The van der Waals surface area contributed by atoms with Gasteiger partial charge in [-0.05, 0) is 27.8 Å². The van der Waals surface area contributed by atoms with E-state index in [9.17, 15) is 9.59 Å². The highest BCUT2D eigenvalue weighted by atomic mass is 16.5. The topological polar surface area (TPSA) is 58.6 Å². The third-order valence-corrected chi connectivity index (χ3v) is 2.12. The number of methoxy groups -OCH3 is 1. The maximum Gasteiger partial charge on any atom is 0.309 e. The number of hydrogen-bond acceptors (Lipinski definition) is 4. The van der Waals surface area contributed by atoms with Gasteiger partial charge in [0.05, 0.1) is 19.6 Å². The van der Waals surface area contributed by atoms with E-state index in [0.717, 1.165) is 0 Å². The van der Waals surface area contributed by atoms with E-state index in [2.05, 4.69) is 10.1 Å². The third-order valence-electron chi connectivity index (χ3n) is 2.12. The zero-order valence-corrected chi connectivity index (χ0v) is 11.7. The fraction of sp³-hybridized carbons (Fsp3) is 0.833. The number of nitrogens with zero attached hydrogens (tertiary/aromatic N) is 1. The first-order valence-corrected chi connectivity index (χ1v) is 5.73. The molecular weight excluding hydrogens is 220 g/mol. The highest BCUT2D eigenvalue weighted by Gasteiger charge is 2.19. The lowest BCUT2D eigenvalue weighted by Crippen LogP contribution is -2.46. The molecule has 1 amide bonds. The molecule has 0 fully saturated rings. The van der Waals surface area contributed by atoms with Gasteiger partial charge in [0.15, 0.2) is 0 Å². The van der Waals surface area contributed by atoms with Crippen LogP contribution in [0.3, 0.4) is 0 Å². The Morgan fingerprint density at radius 2 is 1.88 bits per heavy atom. The number of rotatable bonds is 5. The van der Waals surface area contributed by atoms with Crippen LogP contribution in [0.2, 0.25) is 0 Å². The number of esters is 1. The van der Waals surface area contributed by atoms with Crippen molar-refractivity contribution < 1.29 is 14.3 Å². The molecule has 0 aliphatic carbocycles. The summed E-state index contributed by atoms with van der Waals surface area (Å²) in [4.78, 5) is 24.6. The Bertz CT molecular complexity index is 271. The molecule has 0 spiro atoms. The van der Waals surface area contributed by atoms with Gasteiger partial charge in [-0.3, -0.25) is 14.5 Å². The molecule has 17 heavy (non-hydrogen) atoms. The van der Waals surface area contributed by atoms with Gasteiger partial charge < -0.3 is 10.1 Å². The van der Waals surface area contributed by atoms with Crippen molar-refractivity contribution in [3.8, 4) is 0 Å². The molecule has 0 bridgehead atoms. The fourth-order valence-electron chi connectivity index (χ4n) is 1.51. The SMILES string of the molecule is COC(=O)C(C)CN(C)CC(=O)NC(C)(C)C. The van der Waals surface area contributed by atoms with Gasteiger partial charge in [-0.2, -0.15) is 0 Å². The number of ether oxygens (including phenoxy) is 1. The molecule has 0 aromatic carbocycles. The predicted molar refractivity (Wildman–Crippen MR) is 66.6 cm³/mol. The predicted octanol–water partition coefficient (Wildman–Crippen LogP) is 0.642. The highest BCUT2D eigenvalue weighted by Crippen LogP contribution is 2.02. The second-order valence-electron chi connectivity index (χ2n) is 5.42. The van der Waals surface area contributed by atoms with Crippen molar-refractivity contribution in [2.24, 2.45) is 5.92 Å². The molecule has 0 aromatic heterocycles. The monoisotopic (exact) mass is 244 g/mol. The minimum absolute atomic E-state index is 0.0444. The molecular formula is C12H24N2O3. The van der Waals surface area contributed by atoms with Crippen molar-refractivity contribution in [1.29, 1.82) is 0 Å². The standard InChI is InChI=1S/C12H24N2O3/c1-9(11(16)17-6)7-14(5)8-10(15)13-12(2,3)4/h9H,7-8H2,1-6H3,(H,13,15). The number of carbonyl (C=O) groups is 2. The van der Waals surface area contributed by atoms with E-state index in [-0.39, 0.29) is 29.9 Å². The third kappa shape index (κ3) is 7.74. The summed E-state index contributed by atoms with van der Waals surface area (Å²) >= 11 is 0. The molecule has 0 aromatic rings. The van der Waals surface area contributed by atoms with Gasteiger partial charge in [-0.25, -0.2) is 0 Å². The quantitative estimate of drug-likeness (QED) is 0.721. The number of hydrogen-bond donors (Lipinski definition) is 1. The van der Waals surface area contributed by atoms with Gasteiger partial charge in [0.25, 0.3) is 0 Å². The summed E-state index contributed by atoms with van der Waals surface area (Å²) in [6.07, 6.45) is 0. The van der Waals surface area contributed by atoms with E-state index in [4.69, 9.17) is 0 Å². The molecule has 1 unspecified atom stereocenters. The smallest absolute Gasteiger partial charge is 0.309 e. The van der Waals surface area contributed by atoms with Crippen LogP contribution in [0.1, 0.15) is 27.7 Å². The van der Waals surface area contributed by atoms with Crippen LogP contribution in [0, 0.1) is 5.92 Å². The maximum absolute atomic E-state index is 11.6. The van der Waals surface area contributed by atoms with E-state index in [1.807, 2.05) is 32.7 Å². The number of carbonyl (C=O) groups excluding carboxylic acids is 2. The molecule has 1 N–H and O–H groups in total. The van der Waals surface area contributed by atoms with Crippen LogP contribution in [0.25, 0.3) is 0 Å². The van der Waals surface area contributed by atoms with Gasteiger partial charge in [-0.15, -0.1) is 0 Å². The summed E-state index contributed by atoms with van der Waals surface area (Å²) in [5.41, 5.74) is -0.230. The zero-order chi connectivity index (χ0) is 13.6. The molecule has 0 saturated carbocycles. The maximum atomic E-state index is 11.6. The largest absolute Gasteiger partial charge is 0.469 e. The Labute approximate surface area is 103 Å². The lowest BCUT2D eigenvalue weighted by molar-refractivity contribution is -0.145. The minimum Gasteiger partial charge on any atom is -0.469 e.